The molecule has 1 aromatic rings. The lowest BCUT2D eigenvalue weighted by Crippen LogP contribution is -2.25. The monoisotopic (exact) mass is 310 g/mol. The van der Waals surface area contributed by atoms with Crippen LogP contribution in [0, 0.1) is 0 Å². The summed E-state index contributed by atoms with van der Waals surface area (Å²) in [6, 6.07) is 6.67. The maximum atomic E-state index is 12.2. The maximum absolute atomic E-state index is 12.2. The number of carbonyl (C=O) groups is 1. The molecule has 1 amide bonds. The molecule has 0 spiro atoms. The van der Waals surface area contributed by atoms with Crippen molar-refractivity contribution < 1.29 is 14.3 Å². The number of benzene rings is 1. The minimum Gasteiger partial charge on any atom is -0.464 e. The number of amides is 1. The molecular weight excluding hydrogens is 292 g/mol. The quantitative estimate of drug-likeness (QED) is 0.836. The molecule has 1 heterocycles. The Balaban J connectivity index is 1.58. The lowest BCUT2D eigenvalue weighted by molar-refractivity contribution is 0.0922. The van der Waals surface area contributed by atoms with Gasteiger partial charge in [-0.1, -0.05) is 23.8 Å². The second-order valence-corrected chi connectivity index (χ2v) is 5.35. The highest BCUT2D eigenvalue weighted by molar-refractivity contribution is 5.95. The Morgan fingerprint density at radius 2 is 2.04 bits per heavy atom. The summed E-state index contributed by atoms with van der Waals surface area (Å²) in [7, 11) is 0. The molecule has 0 atom stereocenters. The Kier molecular flexibility index (Phi) is 4.47. The SMILES string of the molecule is Nc1ccc(C(=O)NC2=COC=C(CC3=CC=CCC3)O2)cc1. The van der Waals surface area contributed by atoms with Crippen LogP contribution < -0.4 is 11.1 Å². The fraction of sp³-hybridized carbons (Fsp3) is 0.167. The van der Waals surface area contributed by atoms with Crippen molar-refractivity contribution in [3.05, 3.63) is 77.8 Å². The highest BCUT2D eigenvalue weighted by Crippen LogP contribution is 2.24. The third-order valence-corrected chi connectivity index (χ3v) is 3.53. The summed E-state index contributed by atoms with van der Waals surface area (Å²) >= 11 is 0. The van der Waals surface area contributed by atoms with E-state index in [1.165, 1.54) is 11.8 Å². The van der Waals surface area contributed by atoms with Gasteiger partial charge in [0.15, 0.2) is 6.26 Å². The molecule has 5 nitrogen and oxygen atoms in total. The first-order valence-electron chi connectivity index (χ1n) is 7.45. The van der Waals surface area contributed by atoms with Crippen molar-refractivity contribution in [2.24, 2.45) is 0 Å². The van der Waals surface area contributed by atoms with Gasteiger partial charge in [0.25, 0.3) is 5.91 Å². The van der Waals surface area contributed by atoms with Crippen LogP contribution >= 0.6 is 0 Å². The number of ether oxygens (including phenoxy) is 2. The molecule has 0 radical (unpaired) electrons. The van der Waals surface area contributed by atoms with Crippen molar-refractivity contribution in [1.29, 1.82) is 0 Å². The van der Waals surface area contributed by atoms with Gasteiger partial charge in [0, 0.05) is 17.7 Å². The summed E-state index contributed by atoms with van der Waals surface area (Å²) in [5.74, 6) is 0.666. The summed E-state index contributed by atoms with van der Waals surface area (Å²) in [6.45, 7) is 0. The third-order valence-electron chi connectivity index (χ3n) is 3.53. The first kappa shape index (κ1) is 15.0. The number of hydrogen-bond acceptors (Lipinski definition) is 4. The van der Waals surface area contributed by atoms with Crippen molar-refractivity contribution in [3.63, 3.8) is 0 Å². The minimum absolute atomic E-state index is 0.274. The topological polar surface area (TPSA) is 73.6 Å². The second kappa shape index (κ2) is 6.87. The van der Waals surface area contributed by atoms with Crippen LogP contribution in [0.15, 0.2) is 72.2 Å². The zero-order chi connectivity index (χ0) is 16.1. The van der Waals surface area contributed by atoms with E-state index in [1.807, 2.05) is 6.08 Å². The zero-order valence-electron chi connectivity index (χ0n) is 12.6. The van der Waals surface area contributed by atoms with E-state index in [2.05, 4.69) is 17.5 Å². The molecule has 3 N–H and O–H groups in total. The summed E-state index contributed by atoms with van der Waals surface area (Å²) in [5.41, 5.74) is 7.99. The molecule has 0 saturated heterocycles. The highest BCUT2D eigenvalue weighted by Gasteiger charge is 2.15. The van der Waals surface area contributed by atoms with Gasteiger partial charge >= 0.3 is 0 Å². The number of allylic oxidation sites excluding steroid dienone is 4. The van der Waals surface area contributed by atoms with Gasteiger partial charge in [0.1, 0.15) is 12.0 Å². The van der Waals surface area contributed by atoms with E-state index in [0.29, 0.717) is 23.4 Å². The summed E-state index contributed by atoms with van der Waals surface area (Å²) < 4.78 is 10.9. The van der Waals surface area contributed by atoms with Crippen LogP contribution in [0.3, 0.4) is 0 Å². The van der Waals surface area contributed by atoms with E-state index in [-0.39, 0.29) is 11.8 Å². The van der Waals surface area contributed by atoms with Crippen LogP contribution in [-0.4, -0.2) is 5.91 Å². The van der Waals surface area contributed by atoms with Gasteiger partial charge in [0.2, 0.25) is 5.88 Å². The number of nitrogen functional groups attached to an aromatic ring is 1. The number of carbonyl (C=O) groups excluding carboxylic acids is 1. The van der Waals surface area contributed by atoms with Gasteiger partial charge < -0.3 is 15.2 Å². The minimum atomic E-state index is -0.277. The maximum Gasteiger partial charge on any atom is 0.258 e. The summed E-state index contributed by atoms with van der Waals surface area (Å²) in [5, 5.41) is 2.68. The van der Waals surface area contributed by atoms with Crippen molar-refractivity contribution in [3.8, 4) is 0 Å². The molecule has 5 heteroatoms. The van der Waals surface area contributed by atoms with Crippen LogP contribution in [0.2, 0.25) is 0 Å². The van der Waals surface area contributed by atoms with Crippen LogP contribution in [0.1, 0.15) is 29.6 Å². The number of rotatable bonds is 4. The molecule has 1 aliphatic heterocycles. The molecule has 118 valence electrons. The molecular formula is C18H18N2O3. The van der Waals surface area contributed by atoms with Gasteiger partial charge in [-0.15, -0.1) is 0 Å². The van der Waals surface area contributed by atoms with Crippen LogP contribution in [0.25, 0.3) is 0 Å². The number of hydrogen-bond donors (Lipinski definition) is 2. The first-order valence-corrected chi connectivity index (χ1v) is 7.45. The molecule has 2 aliphatic rings. The van der Waals surface area contributed by atoms with E-state index < -0.39 is 0 Å². The second-order valence-electron chi connectivity index (χ2n) is 5.35. The van der Waals surface area contributed by atoms with Gasteiger partial charge in [-0.25, -0.2) is 0 Å². The van der Waals surface area contributed by atoms with Crippen LogP contribution in [0.4, 0.5) is 5.69 Å². The average Bonchev–Trinajstić information content (AvgIpc) is 2.57. The predicted octanol–water partition coefficient (Wildman–Crippen LogP) is 3.35. The van der Waals surface area contributed by atoms with E-state index in [9.17, 15) is 4.79 Å². The molecule has 0 fully saturated rings. The molecule has 3 rings (SSSR count). The summed E-state index contributed by atoms with van der Waals surface area (Å²) in [4.78, 5) is 12.2. The first-order chi connectivity index (χ1) is 11.2. The van der Waals surface area contributed by atoms with Crippen molar-refractivity contribution in [2.75, 3.05) is 5.73 Å². The Labute approximate surface area is 134 Å². The Bertz CT molecular complexity index is 712. The van der Waals surface area contributed by atoms with Crippen LogP contribution in [0.5, 0.6) is 0 Å². The Morgan fingerprint density at radius 1 is 1.22 bits per heavy atom. The van der Waals surface area contributed by atoms with Gasteiger partial charge in [-0.2, -0.15) is 0 Å². The predicted molar refractivity (Wildman–Crippen MR) is 87.7 cm³/mol. The zero-order valence-corrected chi connectivity index (χ0v) is 12.6. The largest absolute Gasteiger partial charge is 0.464 e. The molecule has 0 aromatic heterocycles. The number of nitrogens with one attached hydrogen (secondary N) is 1. The van der Waals surface area contributed by atoms with Gasteiger partial charge in [-0.3, -0.25) is 10.1 Å². The lowest BCUT2D eigenvalue weighted by atomic mass is 10.0. The lowest BCUT2D eigenvalue weighted by Gasteiger charge is -2.18. The fourth-order valence-corrected chi connectivity index (χ4v) is 2.34. The summed E-state index contributed by atoms with van der Waals surface area (Å²) in [6.07, 6.45) is 11.9. The molecule has 0 saturated carbocycles. The fourth-order valence-electron chi connectivity index (χ4n) is 2.34. The molecule has 23 heavy (non-hydrogen) atoms. The van der Waals surface area contributed by atoms with Crippen molar-refractivity contribution in [1.82, 2.24) is 5.32 Å². The Morgan fingerprint density at radius 3 is 2.78 bits per heavy atom. The molecule has 1 aliphatic carbocycles. The van der Waals surface area contributed by atoms with Gasteiger partial charge in [-0.05, 0) is 37.1 Å². The average molecular weight is 310 g/mol. The highest BCUT2D eigenvalue weighted by atomic mass is 16.6. The van der Waals surface area contributed by atoms with E-state index >= 15 is 0 Å². The smallest absolute Gasteiger partial charge is 0.258 e. The van der Waals surface area contributed by atoms with E-state index in [4.69, 9.17) is 15.2 Å². The van der Waals surface area contributed by atoms with E-state index in [0.717, 1.165) is 12.8 Å². The third kappa shape index (κ3) is 4.03. The normalized spacial score (nSPS) is 16.4. The van der Waals surface area contributed by atoms with Crippen molar-refractivity contribution >= 4 is 11.6 Å². The van der Waals surface area contributed by atoms with Crippen molar-refractivity contribution in [2.45, 2.75) is 19.3 Å². The number of anilines is 1. The number of nitrogens with two attached hydrogens (primary N) is 1. The Hall–Kier alpha value is -2.95. The van der Waals surface area contributed by atoms with E-state index in [1.54, 1.807) is 30.5 Å². The van der Waals surface area contributed by atoms with Gasteiger partial charge in [0.05, 0.1) is 0 Å². The molecule has 1 aromatic carbocycles. The standard InChI is InChI=1S/C18H18N2O3/c19-15-8-6-14(7-9-15)18(21)20-17-12-22-11-16(23-17)10-13-4-2-1-3-5-13/h1-2,4,6-9,11-12H,3,5,10,19H2,(H,20,21). The van der Waals surface area contributed by atoms with Crippen LogP contribution in [-0.2, 0) is 9.47 Å². The molecule has 0 unspecified atom stereocenters. The molecule has 0 bridgehead atoms.